The lowest BCUT2D eigenvalue weighted by molar-refractivity contribution is 0.181. The Morgan fingerprint density at radius 3 is 2.86 bits per heavy atom. The van der Waals surface area contributed by atoms with E-state index in [0.717, 1.165) is 94.8 Å². The number of benzene rings is 1. The maximum Gasteiger partial charge on any atom is 0.135 e. The summed E-state index contributed by atoms with van der Waals surface area (Å²) in [5, 5.41) is 14.7. The fourth-order valence-electron chi connectivity index (χ4n) is 9.30. The molecule has 1 aromatic carbocycles. The van der Waals surface area contributed by atoms with Gasteiger partial charge in [0.2, 0.25) is 0 Å². The van der Waals surface area contributed by atoms with Crippen molar-refractivity contribution in [2.75, 3.05) is 36.8 Å². The van der Waals surface area contributed by atoms with Crippen LogP contribution in [0.15, 0.2) is 30.6 Å². The number of nitrogens with zero attached hydrogens (tertiary/aromatic N) is 7. The normalized spacial score (nSPS) is 30.1. The summed E-state index contributed by atoms with van der Waals surface area (Å²) in [5.41, 5.74) is 12.3. The Kier molecular flexibility index (Phi) is 6.31. The summed E-state index contributed by atoms with van der Waals surface area (Å²) in [6.45, 7) is 5.61. The molecule has 9 heteroatoms. The largest absolute Gasteiger partial charge is 0.398 e. The second-order valence-corrected chi connectivity index (χ2v) is 14.0. The zero-order chi connectivity index (χ0) is 29.3. The molecule has 0 radical (unpaired) electrons. The molecule has 4 unspecified atom stereocenters. The van der Waals surface area contributed by atoms with E-state index in [1.165, 1.54) is 16.7 Å². The van der Waals surface area contributed by atoms with Gasteiger partial charge in [0.25, 0.3) is 0 Å². The second kappa shape index (κ2) is 10.0. The number of nitriles is 1. The standard InChI is InChI=1S/C34H41FN8/c1-22-6-10-33(31-25(22)4-5-28(37)27(31)18-36)11-7-26-29(17-33)39-30(8-12-34-9-2-14-42(34)19-23(35)16-34)40-32(26)41-20-24(21-41)43-15-3-13-38-43/h3-5,13,15,22-24H,2,6-12,14,16-17,19-21,37H2,1H3. The minimum Gasteiger partial charge on any atom is -0.398 e. The molecule has 3 aliphatic heterocycles. The van der Waals surface area contributed by atoms with Gasteiger partial charge in [-0.1, -0.05) is 13.0 Å². The van der Waals surface area contributed by atoms with E-state index in [1.54, 1.807) is 0 Å². The van der Waals surface area contributed by atoms with Crippen LogP contribution in [0, 0.1) is 11.3 Å². The van der Waals surface area contributed by atoms with Gasteiger partial charge < -0.3 is 10.6 Å². The van der Waals surface area contributed by atoms with E-state index >= 15 is 0 Å². The number of halogens is 1. The monoisotopic (exact) mass is 580 g/mol. The molecular formula is C34H41FN8. The molecule has 0 saturated carbocycles. The van der Waals surface area contributed by atoms with E-state index in [4.69, 9.17) is 15.7 Å². The highest BCUT2D eigenvalue weighted by Gasteiger charge is 2.49. The molecule has 2 aromatic heterocycles. The average Bonchev–Trinajstić information content (AvgIpc) is 3.70. The van der Waals surface area contributed by atoms with Crippen LogP contribution in [0.25, 0.3) is 0 Å². The summed E-state index contributed by atoms with van der Waals surface area (Å²) in [5.74, 6) is 2.37. The minimum absolute atomic E-state index is 0.0420. The maximum atomic E-state index is 14.5. The van der Waals surface area contributed by atoms with Gasteiger partial charge in [-0.15, -0.1) is 0 Å². The van der Waals surface area contributed by atoms with Gasteiger partial charge in [-0.05, 0) is 93.5 Å². The predicted octanol–water partition coefficient (Wildman–Crippen LogP) is 5.02. The van der Waals surface area contributed by atoms with E-state index in [1.807, 2.05) is 24.5 Å². The molecule has 8 nitrogen and oxygen atoms in total. The van der Waals surface area contributed by atoms with Crippen LogP contribution in [-0.4, -0.2) is 62.5 Å². The van der Waals surface area contributed by atoms with Gasteiger partial charge in [-0.25, -0.2) is 14.4 Å². The highest BCUT2D eigenvalue weighted by Crippen LogP contribution is 2.52. The van der Waals surface area contributed by atoms with Crippen molar-refractivity contribution >= 4 is 11.5 Å². The first-order valence-electron chi connectivity index (χ1n) is 16.2. The lowest BCUT2D eigenvalue weighted by Crippen LogP contribution is -2.49. The third-order valence-electron chi connectivity index (χ3n) is 11.6. The number of hydrogen-bond acceptors (Lipinski definition) is 7. The molecule has 0 bridgehead atoms. The predicted molar refractivity (Wildman–Crippen MR) is 164 cm³/mol. The molecular weight excluding hydrogens is 539 g/mol. The highest BCUT2D eigenvalue weighted by molar-refractivity contribution is 5.65. The van der Waals surface area contributed by atoms with Crippen LogP contribution in [-0.2, 0) is 24.7 Å². The Hall–Kier alpha value is -3.51. The van der Waals surface area contributed by atoms with Gasteiger partial charge in [-0.2, -0.15) is 10.4 Å². The van der Waals surface area contributed by atoms with Crippen molar-refractivity contribution in [2.24, 2.45) is 0 Å². The first-order valence-corrected chi connectivity index (χ1v) is 16.2. The van der Waals surface area contributed by atoms with Crippen LogP contribution in [0.3, 0.4) is 0 Å². The van der Waals surface area contributed by atoms with E-state index in [2.05, 4.69) is 38.6 Å². The smallest absolute Gasteiger partial charge is 0.135 e. The topological polar surface area (TPSA) is 99.9 Å². The summed E-state index contributed by atoms with van der Waals surface area (Å²) in [7, 11) is 0. The molecule has 3 saturated heterocycles. The molecule has 2 N–H and O–H groups in total. The zero-order valence-electron chi connectivity index (χ0n) is 25.1. The van der Waals surface area contributed by atoms with Crippen molar-refractivity contribution in [1.29, 1.82) is 5.26 Å². The summed E-state index contributed by atoms with van der Waals surface area (Å²) in [6, 6.07) is 8.88. The fourth-order valence-corrected chi connectivity index (χ4v) is 9.30. The Bertz CT molecular complexity index is 1590. The SMILES string of the molecule is CC1CCC2(CCc3c(nc(CCC45CCCN4CC(F)C5)nc3N3CC(n4cccn4)C3)C2)c2c1ccc(N)c2C#N. The Labute approximate surface area is 253 Å². The molecule has 3 aromatic rings. The third kappa shape index (κ3) is 4.28. The Balaban J connectivity index is 1.16. The molecule has 4 atom stereocenters. The number of fused-ring (bicyclic) bond motifs is 4. The molecule has 43 heavy (non-hydrogen) atoms. The van der Waals surface area contributed by atoms with Crippen molar-refractivity contribution in [3.63, 3.8) is 0 Å². The van der Waals surface area contributed by atoms with E-state index in [-0.39, 0.29) is 11.0 Å². The quantitative estimate of drug-likeness (QED) is 0.423. The minimum atomic E-state index is -0.726. The van der Waals surface area contributed by atoms with Gasteiger partial charge in [-0.3, -0.25) is 9.58 Å². The van der Waals surface area contributed by atoms with E-state index < -0.39 is 6.17 Å². The molecule has 8 rings (SSSR count). The van der Waals surface area contributed by atoms with Crippen LogP contribution in [0.4, 0.5) is 15.9 Å². The summed E-state index contributed by atoms with van der Waals surface area (Å²) < 4.78 is 16.6. The molecule has 1 spiro atoms. The molecule has 5 aliphatic rings. The van der Waals surface area contributed by atoms with Gasteiger partial charge in [0.15, 0.2) is 0 Å². The molecule has 0 amide bonds. The summed E-state index contributed by atoms with van der Waals surface area (Å²) in [6.07, 6.45) is 12.5. The first-order chi connectivity index (χ1) is 20.9. The zero-order valence-corrected chi connectivity index (χ0v) is 25.1. The lowest BCUT2D eigenvalue weighted by Gasteiger charge is -2.46. The van der Waals surface area contributed by atoms with Crippen molar-refractivity contribution in [3.8, 4) is 6.07 Å². The van der Waals surface area contributed by atoms with Crippen LogP contribution in [0.1, 0.15) is 97.6 Å². The van der Waals surface area contributed by atoms with Gasteiger partial charge >= 0.3 is 0 Å². The average molecular weight is 581 g/mol. The lowest BCUT2D eigenvalue weighted by atomic mass is 9.59. The van der Waals surface area contributed by atoms with Gasteiger partial charge in [0.05, 0.1) is 17.3 Å². The number of aromatic nitrogens is 4. The van der Waals surface area contributed by atoms with Gasteiger partial charge in [0, 0.05) is 60.7 Å². The number of alkyl halides is 1. The van der Waals surface area contributed by atoms with Crippen molar-refractivity contribution < 1.29 is 4.39 Å². The second-order valence-electron chi connectivity index (χ2n) is 14.0. The van der Waals surface area contributed by atoms with Crippen LogP contribution in [0.2, 0.25) is 0 Å². The first kappa shape index (κ1) is 27.1. The summed E-state index contributed by atoms with van der Waals surface area (Å²) >= 11 is 0. The highest BCUT2D eigenvalue weighted by atomic mass is 19.1. The van der Waals surface area contributed by atoms with E-state index in [9.17, 15) is 9.65 Å². The third-order valence-corrected chi connectivity index (χ3v) is 11.6. The number of nitrogen functional groups attached to an aromatic ring is 1. The number of hydrogen-bond donors (Lipinski definition) is 1. The number of aryl methyl sites for hydroxylation is 1. The van der Waals surface area contributed by atoms with Crippen LogP contribution >= 0.6 is 0 Å². The number of nitrogens with two attached hydrogens (primary N) is 1. The van der Waals surface area contributed by atoms with Crippen LogP contribution < -0.4 is 10.6 Å². The maximum absolute atomic E-state index is 14.5. The molecule has 2 aliphatic carbocycles. The van der Waals surface area contributed by atoms with Crippen molar-refractivity contribution in [1.82, 2.24) is 24.6 Å². The van der Waals surface area contributed by atoms with Crippen molar-refractivity contribution in [3.05, 3.63) is 64.4 Å². The number of anilines is 2. The van der Waals surface area contributed by atoms with Crippen molar-refractivity contribution in [2.45, 2.75) is 100 Å². The number of rotatable bonds is 5. The summed E-state index contributed by atoms with van der Waals surface area (Å²) in [4.78, 5) is 15.4. The fraction of sp³-hybridized carbons (Fsp3) is 0.588. The molecule has 224 valence electrons. The van der Waals surface area contributed by atoms with E-state index in [0.29, 0.717) is 36.2 Å². The Morgan fingerprint density at radius 1 is 1.16 bits per heavy atom. The molecule has 3 fully saturated rings. The van der Waals surface area contributed by atoms with Gasteiger partial charge in [0.1, 0.15) is 23.9 Å². The molecule has 5 heterocycles. The van der Waals surface area contributed by atoms with Crippen LogP contribution in [0.5, 0.6) is 0 Å². The Morgan fingerprint density at radius 2 is 2.05 bits per heavy atom.